The van der Waals surface area contributed by atoms with Crippen LogP contribution in [-0.2, 0) is 23.7 Å². The highest BCUT2D eigenvalue weighted by Crippen LogP contribution is 2.74. The Balaban J connectivity index is 1.92. The fraction of sp³-hybridized carbons (Fsp3) is 1.00. The van der Waals surface area contributed by atoms with E-state index in [0.29, 0.717) is 25.7 Å². The first kappa shape index (κ1) is 31.2. The minimum absolute atomic E-state index is 0.0132. The molecular formula is C29H54O8. The van der Waals surface area contributed by atoms with Crippen LogP contribution in [0.2, 0.25) is 0 Å². The van der Waals surface area contributed by atoms with Crippen molar-refractivity contribution in [2.24, 2.45) is 22.7 Å². The maximum absolute atomic E-state index is 11.7. The number of ether oxygens (including phenoxy) is 5. The molecule has 8 atom stereocenters. The van der Waals surface area contributed by atoms with E-state index in [-0.39, 0.29) is 17.3 Å². The average Bonchev–Trinajstić information content (AvgIpc) is 3.21. The largest absolute Gasteiger partial charge is 0.367 e. The highest BCUT2D eigenvalue weighted by Gasteiger charge is 2.82. The van der Waals surface area contributed by atoms with Crippen LogP contribution in [0.25, 0.3) is 0 Å². The third kappa shape index (κ3) is 6.37. The number of hydrogen-bond donors (Lipinski definition) is 3. The minimum atomic E-state index is -1.46. The molecule has 0 aromatic heterocycles. The van der Waals surface area contributed by atoms with Crippen molar-refractivity contribution in [2.75, 3.05) is 0 Å². The SMILES string of the molecule is CC(C)C(C)(CC(C)(C)C)C(O)OC12CC3CC1(OC(O)OC(C)(C)C)CC3(OC(O)OC(C)(C)C)C2. The molecule has 3 N–H and O–H groups in total. The van der Waals surface area contributed by atoms with Gasteiger partial charge in [-0.25, -0.2) is 0 Å². The monoisotopic (exact) mass is 530 g/mol. The molecule has 4 saturated carbocycles. The molecule has 218 valence electrons. The van der Waals surface area contributed by atoms with Crippen LogP contribution < -0.4 is 0 Å². The Labute approximate surface area is 224 Å². The van der Waals surface area contributed by atoms with Crippen molar-refractivity contribution in [2.45, 2.75) is 162 Å². The lowest BCUT2D eigenvalue weighted by Gasteiger charge is -2.48. The molecule has 8 nitrogen and oxygen atoms in total. The summed E-state index contributed by atoms with van der Waals surface area (Å²) in [4.78, 5) is 0. The van der Waals surface area contributed by atoms with Gasteiger partial charge in [0, 0.05) is 18.3 Å². The summed E-state index contributed by atoms with van der Waals surface area (Å²) in [6.07, 6.45) is 1.71. The Hall–Kier alpha value is -0.320. The van der Waals surface area contributed by atoms with Crippen LogP contribution in [-0.4, -0.2) is 62.6 Å². The molecule has 4 fully saturated rings. The van der Waals surface area contributed by atoms with Crippen LogP contribution >= 0.6 is 0 Å². The van der Waals surface area contributed by atoms with Gasteiger partial charge in [-0.1, -0.05) is 41.5 Å². The van der Waals surface area contributed by atoms with E-state index in [2.05, 4.69) is 41.5 Å². The molecule has 4 bridgehead atoms. The summed E-state index contributed by atoms with van der Waals surface area (Å²) >= 11 is 0. The first-order valence-electron chi connectivity index (χ1n) is 13.9. The zero-order valence-electron chi connectivity index (χ0n) is 25.3. The lowest BCUT2D eigenvalue weighted by Crippen LogP contribution is -2.56. The highest BCUT2D eigenvalue weighted by molar-refractivity contribution is 5.32. The summed E-state index contributed by atoms with van der Waals surface area (Å²) in [5.41, 5.74) is -4.29. The Morgan fingerprint density at radius 2 is 1.14 bits per heavy atom. The maximum Gasteiger partial charge on any atom is 0.270 e. The fourth-order valence-corrected chi connectivity index (χ4v) is 7.08. The van der Waals surface area contributed by atoms with Crippen molar-refractivity contribution < 1.29 is 39.0 Å². The van der Waals surface area contributed by atoms with Crippen LogP contribution in [0.3, 0.4) is 0 Å². The van der Waals surface area contributed by atoms with E-state index in [1.807, 2.05) is 41.5 Å². The van der Waals surface area contributed by atoms with Crippen LogP contribution in [0, 0.1) is 22.7 Å². The molecule has 0 heterocycles. The van der Waals surface area contributed by atoms with Gasteiger partial charge in [0.05, 0.1) is 16.8 Å². The third-order valence-electron chi connectivity index (χ3n) is 8.60. The second-order valence-corrected chi connectivity index (χ2v) is 15.7. The summed E-state index contributed by atoms with van der Waals surface area (Å²) < 4.78 is 30.6. The Morgan fingerprint density at radius 3 is 1.54 bits per heavy atom. The molecule has 4 rings (SSSR count). The molecule has 0 amide bonds. The number of hydrogen-bond acceptors (Lipinski definition) is 8. The zero-order valence-corrected chi connectivity index (χ0v) is 25.3. The number of aliphatic hydroxyl groups is 3. The van der Waals surface area contributed by atoms with Gasteiger partial charge in [-0.2, -0.15) is 0 Å². The van der Waals surface area contributed by atoms with Crippen molar-refractivity contribution >= 4 is 0 Å². The molecule has 0 radical (unpaired) electrons. The third-order valence-corrected chi connectivity index (χ3v) is 8.60. The molecule has 0 aromatic rings. The van der Waals surface area contributed by atoms with E-state index in [9.17, 15) is 15.3 Å². The Bertz CT molecular complexity index is 810. The van der Waals surface area contributed by atoms with E-state index >= 15 is 0 Å². The van der Waals surface area contributed by atoms with Gasteiger partial charge in [-0.3, -0.25) is 0 Å². The van der Waals surface area contributed by atoms with E-state index in [1.165, 1.54) is 0 Å². The van der Waals surface area contributed by atoms with E-state index in [1.54, 1.807) is 0 Å². The van der Waals surface area contributed by atoms with Crippen molar-refractivity contribution in [3.05, 3.63) is 0 Å². The summed E-state index contributed by atoms with van der Waals surface area (Å²) in [7, 11) is 0. The number of rotatable bonds is 11. The van der Waals surface area contributed by atoms with Crippen molar-refractivity contribution in [3.8, 4) is 0 Å². The summed E-state index contributed by atoms with van der Waals surface area (Å²) in [6, 6.07) is 0. The molecule has 8 heteroatoms. The standard InChI is InChI=1S/C29H54O8/c1-18(2)26(12,15-23(3,4)5)20(30)33-28-13-19-14-29(28,37-22(32)35-25(9,10)11)17-27(19,16-28)36-21(31)34-24(6,7)8/h18-22,30-32H,13-17H2,1-12H3. The van der Waals surface area contributed by atoms with Crippen LogP contribution in [0.15, 0.2) is 0 Å². The van der Waals surface area contributed by atoms with Crippen molar-refractivity contribution in [1.82, 2.24) is 0 Å². The molecule has 4 aliphatic carbocycles. The normalized spacial score (nSPS) is 35.8. The predicted octanol–water partition coefficient (Wildman–Crippen LogP) is 5.07. The topological polar surface area (TPSA) is 107 Å². The smallest absolute Gasteiger partial charge is 0.270 e. The second kappa shape index (κ2) is 9.65. The van der Waals surface area contributed by atoms with Gasteiger partial charge in [-0.15, -0.1) is 0 Å². The van der Waals surface area contributed by atoms with Crippen LogP contribution in [0.4, 0.5) is 0 Å². The zero-order chi connectivity index (χ0) is 28.5. The minimum Gasteiger partial charge on any atom is -0.367 e. The van der Waals surface area contributed by atoms with Gasteiger partial charge in [0.15, 0.2) is 6.29 Å². The molecule has 0 aliphatic heterocycles. The van der Waals surface area contributed by atoms with Crippen LogP contribution in [0.5, 0.6) is 0 Å². The van der Waals surface area contributed by atoms with E-state index in [0.717, 1.165) is 6.42 Å². The van der Waals surface area contributed by atoms with Crippen molar-refractivity contribution in [3.63, 3.8) is 0 Å². The predicted molar refractivity (Wildman–Crippen MR) is 140 cm³/mol. The number of aliphatic hydroxyl groups excluding tert-OH is 3. The molecule has 0 saturated heterocycles. The molecule has 37 heavy (non-hydrogen) atoms. The molecular weight excluding hydrogens is 476 g/mol. The quantitative estimate of drug-likeness (QED) is 0.318. The molecule has 4 aliphatic rings. The first-order valence-corrected chi connectivity index (χ1v) is 13.9. The van der Waals surface area contributed by atoms with Gasteiger partial charge < -0.3 is 39.0 Å². The van der Waals surface area contributed by atoms with E-state index < -0.39 is 52.7 Å². The summed E-state index contributed by atoms with van der Waals surface area (Å²) in [5, 5.41) is 33.1. The van der Waals surface area contributed by atoms with Gasteiger partial charge in [0.2, 0.25) is 0 Å². The fourth-order valence-electron chi connectivity index (χ4n) is 7.08. The first-order chi connectivity index (χ1) is 16.5. The van der Waals surface area contributed by atoms with Crippen molar-refractivity contribution in [1.29, 1.82) is 0 Å². The molecule has 0 spiro atoms. The lowest BCUT2D eigenvalue weighted by atomic mass is 9.68. The molecule has 0 aromatic carbocycles. The highest BCUT2D eigenvalue weighted by atomic mass is 16.8. The maximum atomic E-state index is 11.7. The Kier molecular flexibility index (Phi) is 8.14. The van der Waals surface area contributed by atoms with Gasteiger partial charge in [0.25, 0.3) is 13.0 Å². The lowest BCUT2D eigenvalue weighted by molar-refractivity contribution is -0.367. The Morgan fingerprint density at radius 1 is 0.703 bits per heavy atom. The van der Waals surface area contributed by atoms with Gasteiger partial charge >= 0.3 is 0 Å². The summed E-state index contributed by atoms with van der Waals surface area (Å²) in [6.45, 7) is 21.1. The van der Waals surface area contributed by atoms with E-state index in [4.69, 9.17) is 23.7 Å². The summed E-state index contributed by atoms with van der Waals surface area (Å²) in [5.74, 6) is 0.179. The van der Waals surface area contributed by atoms with Crippen LogP contribution in [0.1, 0.15) is 115 Å². The van der Waals surface area contributed by atoms with Gasteiger partial charge in [-0.05, 0) is 78.1 Å². The molecule has 8 unspecified atom stereocenters. The second-order valence-electron chi connectivity index (χ2n) is 15.7. The average molecular weight is 531 g/mol. The van der Waals surface area contributed by atoms with Gasteiger partial charge in [0.1, 0.15) is 11.2 Å².